The topological polar surface area (TPSA) is 99.7 Å². The van der Waals surface area contributed by atoms with Gasteiger partial charge in [0.15, 0.2) is 0 Å². The predicted octanol–water partition coefficient (Wildman–Crippen LogP) is 3.19. The van der Waals surface area contributed by atoms with Gasteiger partial charge in [-0.25, -0.2) is 4.98 Å². The molecule has 0 aromatic carbocycles. The van der Waals surface area contributed by atoms with Gasteiger partial charge in [0.05, 0.1) is 19.4 Å². The Hall–Kier alpha value is -1.37. The Kier molecular flexibility index (Phi) is 7.68. The Bertz CT molecular complexity index is 639. The van der Waals surface area contributed by atoms with E-state index in [1.54, 1.807) is 20.0 Å². The fraction of sp³-hybridized carbons (Fsp3) is 0.765. The van der Waals surface area contributed by atoms with E-state index in [0.29, 0.717) is 19.2 Å². The Labute approximate surface area is 155 Å². The number of fused-ring (bicyclic) bond motifs is 1. The first-order chi connectivity index (χ1) is 12.4. The standard InChI is InChI=1S/C17H31N4O4P/c1-4-7-8-10-20-11-9-14(13-26(23,24-5-2)25-6-3)21-12-15(16(18)22)19-17(20)21/h12,14H,4-11,13H2,1-3H3,(H2,18,22)/t14-/m0/s1. The Morgan fingerprint density at radius 1 is 1.31 bits per heavy atom. The fourth-order valence-corrected chi connectivity index (χ4v) is 5.23. The molecule has 0 saturated heterocycles. The third-order valence-corrected chi connectivity index (χ3v) is 6.66. The van der Waals surface area contributed by atoms with E-state index in [1.807, 2.05) is 4.57 Å². The van der Waals surface area contributed by atoms with Crippen molar-refractivity contribution in [1.29, 1.82) is 0 Å². The molecule has 1 amide bonds. The SMILES string of the molecule is CCCCCN1CC[C@@H](CP(=O)(OCC)OCC)n2cc(C(N)=O)nc21. The van der Waals surface area contributed by atoms with Gasteiger partial charge in [-0.15, -0.1) is 0 Å². The van der Waals surface area contributed by atoms with Crippen molar-refractivity contribution < 1.29 is 18.4 Å². The summed E-state index contributed by atoms with van der Waals surface area (Å²) in [4.78, 5) is 18.2. The van der Waals surface area contributed by atoms with Gasteiger partial charge in [0, 0.05) is 25.3 Å². The lowest BCUT2D eigenvalue weighted by atomic mass is 10.1. The highest BCUT2D eigenvalue weighted by atomic mass is 31.2. The molecule has 0 fully saturated rings. The van der Waals surface area contributed by atoms with E-state index in [-0.39, 0.29) is 17.9 Å². The third-order valence-electron chi connectivity index (χ3n) is 4.49. The number of nitrogens with zero attached hydrogens (tertiary/aromatic N) is 3. The van der Waals surface area contributed by atoms with E-state index >= 15 is 0 Å². The lowest BCUT2D eigenvalue weighted by molar-refractivity contribution is 0.0996. The summed E-state index contributed by atoms with van der Waals surface area (Å²) in [6, 6.07) is -0.100. The van der Waals surface area contributed by atoms with E-state index in [9.17, 15) is 9.36 Å². The largest absolute Gasteiger partial charge is 0.364 e. The summed E-state index contributed by atoms with van der Waals surface area (Å²) in [6.45, 7) is 8.10. The Morgan fingerprint density at radius 3 is 2.58 bits per heavy atom. The minimum atomic E-state index is -3.19. The van der Waals surface area contributed by atoms with Gasteiger partial charge < -0.3 is 24.2 Å². The van der Waals surface area contributed by atoms with Crippen LogP contribution in [0.1, 0.15) is 63.0 Å². The maximum absolute atomic E-state index is 12.9. The average molecular weight is 386 g/mol. The number of hydrogen-bond donors (Lipinski definition) is 1. The molecule has 9 heteroatoms. The van der Waals surface area contributed by atoms with Crippen LogP contribution in [0.15, 0.2) is 6.20 Å². The van der Waals surface area contributed by atoms with Gasteiger partial charge in [0.2, 0.25) is 5.95 Å². The van der Waals surface area contributed by atoms with Crippen molar-refractivity contribution in [1.82, 2.24) is 9.55 Å². The van der Waals surface area contributed by atoms with E-state index in [4.69, 9.17) is 14.8 Å². The molecule has 0 aliphatic carbocycles. The number of primary amides is 1. The molecule has 1 atom stereocenters. The normalized spacial score (nSPS) is 17.3. The van der Waals surface area contributed by atoms with Crippen LogP contribution < -0.4 is 10.6 Å². The summed E-state index contributed by atoms with van der Waals surface area (Å²) < 4.78 is 25.7. The second-order valence-corrected chi connectivity index (χ2v) is 8.57. The van der Waals surface area contributed by atoms with Crippen LogP contribution in [0, 0.1) is 0 Å². The van der Waals surface area contributed by atoms with Crippen LogP contribution in [0.2, 0.25) is 0 Å². The Morgan fingerprint density at radius 2 is 2.00 bits per heavy atom. The molecule has 0 radical (unpaired) electrons. The first-order valence-electron chi connectivity index (χ1n) is 9.45. The summed E-state index contributed by atoms with van der Waals surface area (Å²) in [5.74, 6) is 0.155. The maximum atomic E-state index is 12.9. The predicted molar refractivity (Wildman–Crippen MR) is 102 cm³/mol. The monoisotopic (exact) mass is 386 g/mol. The zero-order valence-electron chi connectivity index (χ0n) is 16.0. The van der Waals surface area contributed by atoms with Crippen molar-refractivity contribution in [2.24, 2.45) is 5.73 Å². The Balaban J connectivity index is 2.25. The highest BCUT2D eigenvalue weighted by Crippen LogP contribution is 2.52. The summed E-state index contributed by atoms with van der Waals surface area (Å²) in [6.07, 6.45) is 6.07. The second kappa shape index (κ2) is 9.53. The third kappa shape index (κ3) is 5.09. The summed E-state index contributed by atoms with van der Waals surface area (Å²) in [5, 5.41) is 0. The molecule has 2 rings (SSSR count). The van der Waals surface area contributed by atoms with Crippen molar-refractivity contribution in [2.45, 2.75) is 52.5 Å². The molecular formula is C17H31N4O4P. The summed E-state index contributed by atoms with van der Waals surface area (Å²) in [5.41, 5.74) is 5.66. The first-order valence-corrected chi connectivity index (χ1v) is 11.2. The smallest absolute Gasteiger partial charge is 0.332 e. The van der Waals surface area contributed by atoms with Gasteiger partial charge in [-0.05, 0) is 26.7 Å². The molecule has 0 saturated carbocycles. The first kappa shape index (κ1) is 20.9. The van der Waals surface area contributed by atoms with Crippen molar-refractivity contribution in [2.75, 3.05) is 37.4 Å². The number of imidazole rings is 1. The number of amides is 1. The molecule has 0 bridgehead atoms. The summed E-state index contributed by atoms with van der Waals surface area (Å²) in [7, 11) is -3.19. The van der Waals surface area contributed by atoms with Gasteiger partial charge in [0.1, 0.15) is 5.69 Å². The minimum Gasteiger partial charge on any atom is -0.364 e. The highest BCUT2D eigenvalue weighted by Gasteiger charge is 2.34. The molecule has 2 N–H and O–H groups in total. The lowest BCUT2D eigenvalue weighted by Crippen LogP contribution is -2.36. The molecule has 148 valence electrons. The molecule has 1 aromatic rings. The van der Waals surface area contributed by atoms with Gasteiger partial charge in [-0.2, -0.15) is 0 Å². The highest BCUT2D eigenvalue weighted by molar-refractivity contribution is 7.53. The van der Waals surface area contributed by atoms with Gasteiger partial charge in [0.25, 0.3) is 5.91 Å². The molecule has 1 aliphatic rings. The number of carbonyl (C=O) groups is 1. The van der Waals surface area contributed by atoms with E-state index in [2.05, 4.69) is 16.8 Å². The van der Waals surface area contributed by atoms with Crippen LogP contribution in [0.5, 0.6) is 0 Å². The van der Waals surface area contributed by atoms with Crippen LogP contribution in [0.4, 0.5) is 5.95 Å². The quantitative estimate of drug-likeness (QED) is 0.463. The van der Waals surface area contributed by atoms with Gasteiger partial charge in [-0.3, -0.25) is 9.36 Å². The fourth-order valence-electron chi connectivity index (χ4n) is 3.29. The zero-order chi connectivity index (χ0) is 19.2. The molecule has 8 nitrogen and oxygen atoms in total. The molecular weight excluding hydrogens is 355 g/mol. The number of unbranched alkanes of at least 4 members (excludes halogenated alkanes) is 2. The number of rotatable bonds is 11. The van der Waals surface area contributed by atoms with Crippen molar-refractivity contribution in [3.8, 4) is 0 Å². The van der Waals surface area contributed by atoms with E-state index in [0.717, 1.165) is 38.8 Å². The van der Waals surface area contributed by atoms with Crippen LogP contribution in [-0.2, 0) is 13.6 Å². The molecule has 2 heterocycles. The molecule has 1 aromatic heterocycles. The van der Waals surface area contributed by atoms with E-state index < -0.39 is 13.5 Å². The van der Waals surface area contributed by atoms with Crippen molar-refractivity contribution in [3.05, 3.63) is 11.9 Å². The number of aromatic nitrogens is 2. The van der Waals surface area contributed by atoms with Gasteiger partial charge in [-0.1, -0.05) is 19.8 Å². The van der Waals surface area contributed by atoms with Crippen molar-refractivity contribution in [3.63, 3.8) is 0 Å². The van der Waals surface area contributed by atoms with Crippen LogP contribution in [0.25, 0.3) is 0 Å². The molecule has 0 unspecified atom stereocenters. The maximum Gasteiger partial charge on any atom is 0.332 e. The second-order valence-electron chi connectivity index (χ2n) is 6.46. The van der Waals surface area contributed by atoms with Crippen LogP contribution >= 0.6 is 7.60 Å². The number of hydrogen-bond acceptors (Lipinski definition) is 6. The van der Waals surface area contributed by atoms with Crippen molar-refractivity contribution >= 4 is 19.5 Å². The van der Waals surface area contributed by atoms with Gasteiger partial charge >= 0.3 is 7.60 Å². The van der Waals surface area contributed by atoms with Crippen LogP contribution in [0.3, 0.4) is 0 Å². The van der Waals surface area contributed by atoms with E-state index in [1.165, 1.54) is 0 Å². The number of nitrogens with two attached hydrogens (primary N) is 1. The zero-order valence-corrected chi connectivity index (χ0v) is 16.9. The molecule has 0 spiro atoms. The molecule has 26 heavy (non-hydrogen) atoms. The summed E-state index contributed by atoms with van der Waals surface area (Å²) >= 11 is 0. The number of carbonyl (C=O) groups excluding carboxylic acids is 1. The number of anilines is 1. The average Bonchev–Trinajstić information content (AvgIpc) is 3.03. The minimum absolute atomic E-state index is 0.100. The molecule has 1 aliphatic heterocycles. The van der Waals surface area contributed by atoms with Crippen LogP contribution in [-0.4, -0.2) is 47.9 Å². The lowest BCUT2D eigenvalue weighted by Gasteiger charge is -2.35.